The first-order valence-electron chi connectivity index (χ1n) is 10.3. The highest BCUT2D eigenvalue weighted by Gasteiger charge is 2.24. The molecule has 3 aromatic carbocycles. The number of hydrogen-bond acceptors (Lipinski definition) is 5. The Morgan fingerprint density at radius 2 is 1.70 bits per heavy atom. The maximum absolute atomic E-state index is 13.3. The molecule has 5 nitrogen and oxygen atoms in total. The van der Waals surface area contributed by atoms with E-state index >= 15 is 0 Å². The van der Waals surface area contributed by atoms with Gasteiger partial charge in [-0.1, -0.05) is 54.2 Å². The third kappa shape index (κ3) is 5.08. The first-order chi connectivity index (χ1) is 16.0. The molecule has 0 amide bonds. The molecule has 0 radical (unpaired) electrons. The largest absolute Gasteiger partial charge is 0.497 e. The number of thiocarbonyl (C=S) groups is 1. The molecular weight excluding hydrogens is 454 g/mol. The number of rotatable bonds is 8. The molecule has 4 N–H and O–H groups in total. The van der Waals surface area contributed by atoms with E-state index in [1.54, 1.807) is 43.5 Å². The van der Waals surface area contributed by atoms with Gasteiger partial charge >= 0.3 is 0 Å². The number of nitrogens with one attached hydrogen (secondary N) is 2. The van der Waals surface area contributed by atoms with Crippen LogP contribution in [0.2, 0.25) is 5.02 Å². The van der Waals surface area contributed by atoms with Crippen molar-refractivity contribution in [3.8, 4) is 5.75 Å². The van der Waals surface area contributed by atoms with Crippen molar-refractivity contribution >= 4 is 51.7 Å². The Bertz CT molecular complexity index is 1280. The van der Waals surface area contributed by atoms with Crippen LogP contribution in [0.5, 0.6) is 5.75 Å². The van der Waals surface area contributed by atoms with Crippen molar-refractivity contribution in [2.24, 2.45) is 0 Å². The van der Waals surface area contributed by atoms with Crippen LogP contribution >= 0.6 is 23.8 Å². The van der Waals surface area contributed by atoms with Gasteiger partial charge in [0.25, 0.3) is 0 Å². The van der Waals surface area contributed by atoms with Crippen molar-refractivity contribution in [3.05, 3.63) is 106 Å². The minimum absolute atomic E-state index is 0.233. The van der Waals surface area contributed by atoms with Gasteiger partial charge in [0.2, 0.25) is 5.78 Å². The van der Waals surface area contributed by atoms with Crippen LogP contribution in [0.25, 0.3) is 0 Å². The van der Waals surface area contributed by atoms with Gasteiger partial charge in [-0.3, -0.25) is 4.79 Å². The summed E-state index contributed by atoms with van der Waals surface area (Å²) in [5, 5.41) is 3.92. The minimum atomic E-state index is -0.233. The summed E-state index contributed by atoms with van der Waals surface area (Å²) in [6, 6.07) is 24.0. The van der Waals surface area contributed by atoms with Crippen molar-refractivity contribution in [2.45, 2.75) is 6.42 Å². The van der Waals surface area contributed by atoms with Crippen molar-refractivity contribution < 1.29 is 9.53 Å². The van der Waals surface area contributed by atoms with E-state index in [1.807, 2.05) is 42.5 Å². The summed E-state index contributed by atoms with van der Waals surface area (Å²) in [4.78, 5) is 17.1. The maximum atomic E-state index is 13.3. The summed E-state index contributed by atoms with van der Waals surface area (Å²) in [5.74, 6) is 0.997. The Labute approximate surface area is 202 Å². The second-order valence-corrected chi connectivity index (χ2v) is 8.37. The number of hydrogen-bond donors (Lipinski definition) is 3. The van der Waals surface area contributed by atoms with Gasteiger partial charge in [0.15, 0.2) is 0 Å². The average Bonchev–Trinajstić information content (AvgIpc) is 3.16. The number of aromatic nitrogens is 1. The fourth-order valence-electron chi connectivity index (χ4n) is 3.51. The summed E-state index contributed by atoms with van der Waals surface area (Å²) in [6.45, 7) is 0. The van der Waals surface area contributed by atoms with E-state index in [0.717, 1.165) is 11.3 Å². The zero-order valence-corrected chi connectivity index (χ0v) is 19.5. The van der Waals surface area contributed by atoms with Crippen molar-refractivity contribution in [3.63, 3.8) is 0 Å². The average molecular weight is 476 g/mol. The van der Waals surface area contributed by atoms with Crippen LogP contribution in [0.3, 0.4) is 0 Å². The van der Waals surface area contributed by atoms with Gasteiger partial charge in [-0.15, -0.1) is 0 Å². The Balaban J connectivity index is 1.73. The molecule has 0 aliphatic rings. The second kappa shape index (κ2) is 9.90. The van der Waals surface area contributed by atoms with Crippen LogP contribution in [0.1, 0.15) is 27.2 Å². The fraction of sp³-hybridized carbons (Fsp3) is 0.0769. The molecule has 166 valence electrons. The Hall–Kier alpha value is -3.61. The van der Waals surface area contributed by atoms with Crippen LogP contribution in [-0.2, 0) is 6.42 Å². The van der Waals surface area contributed by atoms with Crippen molar-refractivity contribution in [2.75, 3.05) is 18.2 Å². The SMILES string of the molecule is COc1ccc(C(=O)c2[nH]c(Nc3ccc(Cl)cc3)c(C(=S)Cc3ccccc3)c2N)cc1. The number of ketones is 1. The molecule has 0 bridgehead atoms. The number of carbonyl (C=O) groups is 1. The lowest BCUT2D eigenvalue weighted by Crippen LogP contribution is -2.08. The number of aromatic amines is 1. The number of carbonyl (C=O) groups excluding carboxylic acids is 1. The normalized spacial score (nSPS) is 10.6. The fourth-order valence-corrected chi connectivity index (χ4v) is 4.02. The molecule has 7 heteroatoms. The number of nitrogen functional groups attached to an aromatic ring is 1. The number of H-pyrrole nitrogens is 1. The van der Waals surface area contributed by atoms with Crippen LogP contribution in [-0.4, -0.2) is 22.7 Å². The summed E-state index contributed by atoms with van der Waals surface area (Å²) < 4.78 is 5.18. The van der Waals surface area contributed by atoms with E-state index in [2.05, 4.69) is 10.3 Å². The smallest absolute Gasteiger partial charge is 0.211 e. The zero-order valence-electron chi connectivity index (χ0n) is 17.9. The number of methoxy groups -OCH3 is 1. The lowest BCUT2D eigenvalue weighted by molar-refractivity contribution is 0.103. The van der Waals surface area contributed by atoms with Crippen LogP contribution < -0.4 is 15.8 Å². The van der Waals surface area contributed by atoms with Crippen LogP contribution in [0, 0.1) is 0 Å². The van der Waals surface area contributed by atoms with E-state index in [-0.39, 0.29) is 11.5 Å². The van der Waals surface area contributed by atoms with Gasteiger partial charge in [0.05, 0.1) is 18.4 Å². The topological polar surface area (TPSA) is 80.1 Å². The van der Waals surface area contributed by atoms with Gasteiger partial charge < -0.3 is 20.8 Å². The first kappa shape index (κ1) is 22.6. The highest BCUT2D eigenvalue weighted by atomic mass is 35.5. The lowest BCUT2D eigenvalue weighted by atomic mass is 10.0. The monoisotopic (exact) mass is 475 g/mol. The van der Waals surface area contributed by atoms with Gasteiger partial charge in [-0.05, 0) is 54.1 Å². The molecule has 0 unspecified atom stereocenters. The van der Waals surface area contributed by atoms with Crippen molar-refractivity contribution in [1.82, 2.24) is 4.98 Å². The molecule has 0 aliphatic heterocycles. The molecule has 4 rings (SSSR count). The van der Waals surface area contributed by atoms with E-state index < -0.39 is 0 Å². The predicted molar refractivity (Wildman–Crippen MR) is 138 cm³/mol. The number of anilines is 3. The van der Waals surface area contributed by atoms with E-state index in [0.29, 0.717) is 44.7 Å². The quantitative estimate of drug-likeness (QED) is 0.209. The molecular formula is C26H22ClN3O2S. The third-order valence-corrected chi connectivity index (χ3v) is 5.82. The second-order valence-electron chi connectivity index (χ2n) is 7.44. The van der Waals surface area contributed by atoms with Gasteiger partial charge in [-0.25, -0.2) is 0 Å². The maximum Gasteiger partial charge on any atom is 0.211 e. The van der Waals surface area contributed by atoms with E-state index in [1.165, 1.54) is 0 Å². The highest BCUT2D eigenvalue weighted by molar-refractivity contribution is 7.80. The first-order valence-corrected chi connectivity index (χ1v) is 11.0. The molecule has 1 heterocycles. The van der Waals surface area contributed by atoms with E-state index in [9.17, 15) is 4.79 Å². The van der Waals surface area contributed by atoms with Crippen LogP contribution in [0.4, 0.5) is 17.2 Å². The number of halogens is 1. The summed E-state index contributed by atoms with van der Waals surface area (Å²) in [5.41, 5.74) is 10.0. The molecule has 4 aromatic rings. The molecule has 33 heavy (non-hydrogen) atoms. The predicted octanol–water partition coefficient (Wildman–Crippen LogP) is 6.19. The standard InChI is InChI=1S/C26H22ClN3O2S/c1-32-20-13-7-17(8-14-20)25(31)24-23(28)22(21(33)15-16-5-3-2-4-6-16)26(30-24)29-19-11-9-18(27)10-12-19/h2-14,29-30H,15,28H2,1H3. The molecule has 0 atom stereocenters. The highest BCUT2D eigenvalue weighted by Crippen LogP contribution is 2.32. The molecule has 0 spiro atoms. The minimum Gasteiger partial charge on any atom is -0.497 e. The number of nitrogens with two attached hydrogens (primary N) is 1. The summed E-state index contributed by atoms with van der Waals surface area (Å²) in [6.07, 6.45) is 0.518. The Morgan fingerprint density at radius 1 is 1.03 bits per heavy atom. The molecule has 0 saturated carbocycles. The number of ether oxygens (including phenoxy) is 1. The van der Waals surface area contributed by atoms with Crippen molar-refractivity contribution in [1.29, 1.82) is 0 Å². The zero-order chi connectivity index (χ0) is 23.4. The molecule has 0 fully saturated rings. The molecule has 1 aromatic heterocycles. The molecule has 0 saturated heterocycles. The van der Waals surface area contributed by atoms with Gasteiger partial charge in [0, 0.05) is 27.6 Å². The van der Waals surface area contributed by atoms with Crippen LogP contribution in [0.15, 0.2) is 78.9 Å². The van der Waals surface area contributed by atoms with E-state index in [4.69, 9.17) is 34.3 Å². The van der Waals surface area contributed by atoms with Gasteiger partial charge in [0.1, 0.15) is 17.3 Å². The number of benzene rings is 3. The lowest BCUT2D eigenvalue weighted by Gasteiger charge is -2.10. The third-order valence-electron chi connectivity index (χ3n) is 5.22. The Kier molecular flexibility index (Phi) is 6.77. The van der Waals surface area contributed by atoms with Gasteiger partial charge in [-0.2, -0.15) is 0 Å². The molecule has 0 aliphatic carbocycles. The summed E-state index contributed by atoms with van der Waals surface area (Å²) in [7, 11) is 1.58. The Morgan fingerprint density at radius 3 is 2.33 bits per heavy atom. The summed E-state index contributed by atoms with van der Waals surface area (Å²) >= 11 is 11.8.